The second-order valence-electron chi connectivity index (χ2n) is 4.18. The Hall–Kier alpha value is -0.870. The predicted molar refractivity (Wildman–Crippen MR) is 77.6 cm³/mol. The van der Waals surface area contributed by atoms with E-state index in [0.717, 1.165) is 24.3 Å². The van der Waals surface area contributed by atoms with Gasteiger partial charge in [-0.05, 0) is 30.7 Å². The van der Waals surface area contributed by atoms with Crippen LogP contribution in [0.15, 0.2) is 24.3 Å². The Labute approximate surface area is 112 Å². The molecule has 0 saturated heterocycles. The molecule has 0 heterocycles. The third-order valence-electron chi connectivity index (χ3n) is 2.81. The molecule has 2 atom stereocenters. The van der Waals surface area contributed by atoms with Gasteiger partial charge in [0, 0.05) is 28.3 Å². The number of ether oxygens (including phenoxy) is 1. The van der Waals surface area contributed by atoms with Gasteiger partial charge in [-0.3, -0.25) is 4.21 Å². The predicted octanol–water partition coefficient (Wildman–Crippen LogP) is 2.50. The molecule has 0 saturated carbocycles. The molecule has 3 nitrogen and oxygen atoms in total. The highest BCUT2D eigenvalue weighted by Crippen LogP contribution is 2.20. The molecule has 1 rings (SSSR count). The Morgan fingerprint density at radius 2 is 2.17 bits per heavy atom. The lowest BCUT2D eigenvalue weighted by atomic mass is 10.1. The zero-order chi connectivity index (χ0) is 13.4. The van der Waals surface area contributed by atoms with Gasteiger partial charge in [-0.15, -0.1) is 0 Å². The number of hydrogen-bond donors (Lipinski definition) is 1. The maximum absolute atomic E-state index is 11.8. The van der Waals surface area contributed by atoms with E-state index in [1.807, 2.05) is 25.1 Å². The molecule has 0 spiro atoms. The lowest BCUT2D eigenvalue weighted by molar-refractivity contribution is 0.413. The lowest BCUT2D eigenvalue weighted by Crippen LogP contribution is -2.27. The van der Waals surface area contributed by atoms with Gasteiger partial charge in [0.25, 0.3) is 0 Å². The highest BCUT2D eigenvalue weighted by Gasteiger charge is 2.14. The second-order valence-corrected chi connectivity index (χ2v) is 5.97. The molecule has 0 aromatic heterocycles. The number of methoxy groups -OCH3 is 1. The van der Waals surface area contributed by atoms with Crippen LogP contribution in [0.25, 0.3) is 0 Å². The first-order valence-electron chi connectivity index (χ1n) is 6.43. The molecule has 1 N–H and O–H groups in total. The quantitative estimate of drug-likeness (QED) is 0.788. The monoisotopic (exact) mass is 269 g/mol. The van der Waals surface area contributed by atoms with Crippen molar-refractivity contribution >= 4 is 10.8 Å². The molecule has 0 aliphatic rings. The molecule has 2 unspecified atom stereocenters. The molecule has 18 heavy (non-hydrogen) atoms. The minimum Gasteiger partial charge on any atom is -0.497 e. The van der Waals surface area contributed by atoms with Gasteiger partial charge in [-0.25, -0.2) is 0 Å². The zero-order valence-electron chi connectivity index (χ0n) is 11.4. The van der Waals surface area contributed by atoms with Crippen LogP contribution in [0.2, 0.25) is 0 Å². The van der Waals surface area contributed by atoms with Crippen LogP contribution in [-0.2, 0) is 10.8 Å². The lowest BCUT2D eigenvalue weighted by Gasteiger charge is -2.19. The summed E-state index contributed by atoms with van der Waals surface area (Å²) in [6.45, 7) is 5.02. The van der Waals surface area contributed by atoms with Crippen molar-refractivity contribution in [3.8, 4) is 5.75 Å². The van der Waals surface area contributed by atoms with E-state index in [-0.39, 0.29) is 6.04 Å². The SMILES string of the molecule is CCCNC(CS(=O)CC)c1cccc(OC)c1. The van der Waals surface area contributed by atoms with Gasteiger partial charge in [-0.1, -0.05) is 26.0 Å². The van der Waals surface area contributed by atoms with E-state index in [1.54, 1.807) is 7.11 Å². The fourth-order valence-electron chi connectivity index (χ4n) is 1.75. The highest BCUT2D eigenvalue weighted by molar-refractivity contribution is 7.84. The van der Waals surface area contributed by atoms with Gasteiger partial charge in [0.2, 0.25) is 0 Å². The van der Waals surface area contributed by atoms with Crippen LogP contribution in [0.5, 0.6) is 5.75 Å². The number of benzene rings is 1. The van der Waals surface area contributed by atoms with Crippen LogP contribution in [0.1, 0.15) is 31.9 Å². The molecule has 0 bridgehead atoms. The van der Waals surface area contributed by atoms with E-state index in [2.05, 4.69) is 18.3 Å². The van der Waals surface area contributed by atoms with E-state index in [4.69, 9.17) is 4.74 Å². The van der Waals surface area contributed by atoms with Crippen molar-refractivity contribution in [1.82, 2.24) is 5.32 Å². The van der Waals surface area contributed by atoms with E-state index in [0.29, 0.717) is 11.5 Å². The molecule has 0 radical (unpaired) electrons. The zero-order valence-corrected chi connectivity index (χ0v) is 12.3. The summed E-state index contributed by atoms with van der Waals surface area (Å²) < 4.78 is 17.0. The molecular formula is C14H23NO2S. The molecule has 0 aliphatic carbocycles. The topological polar surface area (TPSA) is 38.3 Å². The summed E-state index contributed by atoms with van der Waals surface area (Å²) in [6.07, 6.45) is 1.07. The first-order chi connectivity index (χ1) is 8.71. The van der Waals surface area contributed by atoms with Gasteiger partial charge in [0.15, 0.2) is 0 Å². The van der Waals surface area contributed by atoms with Gasteiger partial charge >= 0.3 is 0 Å². The van der Waals surface area contributed by atoms with E-state index >= 15 is 0 Å². The van der Waals surface area contributed by atoms with Gasteiger partial charge < -0.3 is 10.1 Å². The fourth-order valence-corrected chi connectivity index (χ4v) is 2.67. The number of rotatable bonds is 8. The average Bonchev–Trinajstić information content (AvgIpc) is 2.43. The van der Waals surface area contributed by atoms with E-state index < -0.39 is 10.8 Å². The number of hydrogen-bond acceptors (Lipinski definition) is 3. The molecular weight excluding hydrogens is 246 g/mol. The van der Waals surface area contributed by atoms with Crippen molar-refractivity contribution in [3.05, 3.63) is 29.8 Å². The third kappa shape index (κ3) is 4.78. The summed E-state index contributed by atoms with van der Waals surface area (Å²) in [5.74, 6) is 2.20. The normalized spacial score (nSPS) is 14.2. The molecule has 1 aromatic rings. The van der Waals surface area contributed by atoms with Gasteiger partial charge in [0.05, 0.1) is 7.11 Å². The number of nitrogens with one attached hydrogen (secondary N) is 1. The van der Waals surface area contributed by atoms with Crippen LogP contribution in [-0.4, -0.2) is 29.4 Å². The highest BCUT2D eigenvalue weighted by atomic mass is 32.2. The van der Waals surface area contributed by atoms with E-state index in [1.165, 1.54) is 0 Å². The van der Waals surface area contributed by atoms with E-state index in [9.17, 15) is 4.21 Å². The summed E-state index contributed by atoms with van der Waals surface area (Å²) in [6, 6.07) is 8.12. The maximum Gasteiger partial charge on any atom is 0.119 e. The molecule has 0 aliphatic heterocycles. The summed E-state index contributed by atoms with van der Waals surface area (Å²) >= 11 is 0. The third-order valence-corrected chi connectivity index (χ3v) is 4.16. The molecule has 102 valence electrons. The van der Waals surface area contributed by atoms with Crippen molar-refractivity contribution in [2.45, 2.75) is 26.3 Å². The molecule has 1 aromatic carbocycles. The standard InChI is InChI=1S/C14H23NO2S/c1-4-9-15-14(11-18(16)5-2)12-7-6-8-13(10-12)17-3/h6-8,10,14-15H,4-5,9,11H2,1-3H3. The van der Waals surface area contributed by atoms with Crippen LogP contribution in [0.3, 0.4) is 0 Å². The Morgan fingerprint density at radius 1 is 1.39 bits per heavy atom. The Kier molecular flexibility index (Phi) is 6.98. The summed E-state index contributed by atoms with van der Waals surface area (Å²) in [7, 11) is 0.892. The summed E-state index contributed by atoms with van der Waals surface area (Å²) in [5.41, 5.74) is 1.14. The first kappa shape index (κ1) is 15.2. The smallest absolute Gasteiger partial charge is 0.119 e. The Bertz CT molecular complexity index is 382. The van der Waals surface area contributed by atoms with Crippen molar-refractivity contribution in [1.29, 1.82) is 0 Å². The van der Waals surface area contributed by atoms with Crippen LogP contribution >= 0.6 is 0 Å². The van der Waals surface area contributed by atoms with Crippen LogP contribution < -0.4 is 10.1 Å². The van der Waals surface area contributed by atoms with Crippen molar-refractivity contribution in [2.24, 2.45) is 0 Å². The van der Waals surface area contributed by atoms with Crippen LogP contribution in [0.4, 0.5) is 0 Å². The van der Waals surface area contributed by atoms with Gasteiger partial charge in [0.1, 0.15) is 5.75 Å². The van der Waals surface area contributed by atoms with Crippen molar-refractivity contribution in [2.75, 3.05) is 25.2 Å². The Morgan fingerprint density at radius 3 is 2.78 bits per heavy atom. The fraction of sp³-hybridized carbons (Fsp3) is 0.571. The largest absolute Gasteiger partial charge is 0.497 e. The minimum absolute atomic E-state index is 0.140. The Balaban J connectivity index is 2.82. The second kappa shape index (κ2) is 8.27. The summed E-state index contributed by atoms with van der Waals surface area (Å²) in [5, 5.41) is 3.45. The first-order valence-corrected chi connectivity index (χ1v) is 7.92. The maximum atomic E-state index is 11.8. The van der Waals surface area contributed by atoms with Crippen LogP contribution in [0, 0.1) is 0 Å². The van der Waals surface area contributed by atoms with Gasteiger partial charge in [-0.2, -0.15) is 0 Å². The minimum atomic E-state index is -0.773. The molecule has 0 amide bonds. The average molecular weight is 269 g/mol. The summed E-state index contributed by atoms with van der Waals surface area (Å²) in [4.78, 5) is 0. The van der Waals surface area contributed by atoms with Crippen molar-refractivity contribution < 1.29 is 8.95 Å². The molecule has 0 fully saturated rings. The molecule has 4 heteroatoms. The van der Waals surface area contributed by atoms with Crippen molar-refractivity contribution in [3.63, 3.8) is 0 Å².